The molecule has 0 unspecified atom stereocenters. The third kappa shape index (κ3) is 2.35. The minimum absolute atomic E-state index is 0.511. The van der Waals surface area contributed by atoms with Gasteiger partial charge in [-0.1, -0.05) is 38.5 Å². The van der Waals surface area contributed by atoms with Gasteiger partial charge in [0.05, 0.1) is 0 Å². The van der Waals surface area contributed by atoms with E-state index in [2.05, 4.69) is 10.2 Å². The summed E-state index contributed by atoms with van der Waals surface area (Å²) >= 11 is 0. The highest BCUT2D eigenvalue weighted by Crippen LogP contribution is 2.43. The molecule has 0 aromatic heterocycles. The molecule has 0 atom stereocenters. The van der Waals surface area contributed by atoms with Gasteiger partial charge >= 0.3 is 0 Å². The fourth-order valence-electron chi connectivity index (χ4n) is 5.03. The van der Waals surface area contributed by atoms with Crippen LogP contribution in [-0.4, -0.2) is 35.6 Å². The number of piperazine rings is 1. The van der Waals surface area contributed by atoms with Gasteiger partial charge in [0.1, 0.15) is 0 Å². The topological polar surface area (TPSA) is 15.3 Å². The van der Waals surface area contributed by atoms with Crippen LogP contribution in [0.4, 0.5) is 0 Å². The SMILES string of the molecule is C1CCC2(C1)CN(CCC1CC1)C1(CCCC1)CN2. The maximum atomic E-state index is 4.02. The second-order valence-electron chi connectivity index (χ2n) is 7.93. The van der Waals surface area contributed by atoms with E-state index in [1.54, 1.807) is 0 Å². The number of hydrogen-bond donors (Lipinski definition) is 1. The summed E-state index contributed by atoms with van der Waals surface area (Å²) in [7, 11) is 0. The predicted octanol–water partition coefficient (Wildman–Crippen LogP) is 3.32. The predicted molar refractivity (Wildman–Crippen MR) is 79.3 cm³/mol. The Hall–Kier alpha value is -0.0800. The zero-order chi connectivity index (χ0) is 12.8. The van der Waals surface area contributed by atoms with Gasteiger partial charge in [-0.2, -0.15) is 0 Å². The highest BCUT2D eigenvalue weighted by atomic mass is 15.3. The molecule has 4 aliphatic rings. The van der Waals surface area contributed by atoms with Crippen LogP contribution in [0.2, 0.25) is 0 Å². The molecule has 2 nitrogen and oxygen atoms in total. The number of nitrogens with one attached hydrogen (secondary N) is 1. The molecule has 3 saturated carbocycles. The minimum Gasteiger partial charge on any atom is -0.308 e. The normalized spacial score (nSPS) is 33.5. The lowest BCUT2D eigenvalue weighted by molar-refractivity contribution is 0.00754. The first-order valence-corrected chi connectivity index (χ1v) is 8.81. The van der Waals surface area contributed by atoms with E-state index < -0.39 is 0 Å². The maximum absolute atomic E-state index is 4.02. The molecule has 1 heterocycles. The van der Waals surface area contributed by atoms with Crippen molar-refractivity contribution in [3.05, 3.63) is 0 Å². The van der Waals surface area contributed by atoms with Gasteiger partial charge in [0.15, 0.2) is 0 Å². The summed E-state index contributed by atoms with van der Waals surface area (Å²) in [5.74, 6) is 1.09. The van der Waals surface area contributed by atoms with Crippen molar-refractivity contribution >= 4 is 0 Å². The van der Waals surface area contributed by atoms with Gasteiger partial charge in [-0.15, -0.1) is 0 Å². The molecule has 0 aromatic carbocycles. The first kappa shape index (κ1) is 12.6. The molecule has 108 valence electrons. The quantitative estimate of drug-likeness (QED) is 0.839. The fourth-order valence-corrected chi connectivity index (χ4v) is 5.03. The van der Waals surface area contributed by atoms with Crippen molar-refractivity contribution < 1.29 is 0 Å². The van der Waals surface area contributed by atoms with Gasteiger partial charge in [0, 0.05) is 24.2 Å². The molecular weight excluding hydrogens is 232 g/mol. The average Bonchev–Trinajstić information content (AvgIpc) is 2.95. The molecule has 1 saturated heterocycles. The summed E-state index contributed by atoms with van der Waals surface area (Å²) in [4.78, 5) is 2.96. The minimum atomic E-state index is 0.511. The summed E-state index contributed by atoms with van der Waals surface area (Å²) in [5.41, 5.74) is 1.07. The van der Waals surface area contributed by atoms with Crippen LogP contribution in [0.25, 0.3) is 0 Å². The zero-order valence-electron chi connectivity index (χ0n) is 12.4. The molecule has 1 aliphatic heterocycles. The van der Waals surface area contributed by atoms with E-state index in [1.807, 2.05) is 0 Å². The molecule has 0 aromatic rings. The van der Waals surface area contributed by atoms with E-state index in [0.29, 0.717) is 11.1 Å². The molecule has 4 fully saturated rings. The van der Waals surface area contributed by atoms with Crippen LogP contribution in [0.3, 0.4) is 0 Å². The van der Waals surface area contributed by atoms with Crippen molar-refractivity contribution in [2.45, 2.75) is 81.7 Å². The maximum Gasteiger partial charge on any atom is 0.0334 e. The summed E-state index contributed by atoms with van der Waals surface area (Å²) in [6, 6.07) is 0. The lowest BCUT2D eigenvalue weighted by Crippen LogP contribution is -2.68. The Bertz CT molecular complexity index is 322. The van der Waals surface area contributed by atoms with Crippen molar-refractivity contribution in [3.63, 3.8) is 0 Å². The van der Waals surface area contributed by atoms with Crippen LogP contribution >= 0.6 is 0 Å². The molecule has 2 heteroatoms. The van der Waals surface area contributed by atoms with Crippen molar-refractivity contribution in [3.8, 4) is 0 Å². The third-order valence-electron chi connectivity index (χ3n) is 6.56. The molecule has 1 N–H and O–H groups in total. The van der Waals surface area contributed by atoms with Crippen LogP contribution in [0, 0.1) is 5.92 Å². The average molecular weight is 262 g/mol. The van der Waals surface area contributed by atoms with Crippen LogP contribution in [0.1, 0.15) is 70.6 Å². The first-order valence-electron chi connectivity index (χ1n) is 8.81. The molecule has 4 rings (SSSR count). The highest BCUT2D eigenvalue weighted by molar-refractivity contribution is 5.08. The Balaban J connectivity index is 1.48. The van der Waals surface area contributed by atoms with E-state index in [-0.39, 0.29) is 0 Å². The van der Waals surface area contributed by atoms with E-state index in [4.69, 9.17) is 0 Å². The molecule has 0 radical (unpaired) electrons. The van der Waals surface area contributed by atoms with Crippen LogP contribution in [-0.2, 0) is 0 Å². The molecule has 0 bridgehead atoms. The van der Waals surface area contributed by atoms with Gasteiger partial charge in [-0.25, -0.2) is 0 Å². The summed E-state index contributed by atoms with van der Waals surface area (Å²) < 4.78 is 0. The Morgan fingerprint density at radius 3 is 2.32 bits per heavy atom. The van der Waals surface area contributed by atoms with Crippen molar-refractivity contribution in [2.24, 2.45) is 5.92 Å². The lowest BCUT2D eigenvalue weighted by Gasteiger charge is -2.53. The molecular formula is C17H30N2. The number of hydrogen-bond acceptors (Lipinski definition) is 2. The highest BCUT2D eigenvalue weighted by Gasteiger charge is 2.49. The largest absolute Gasteiger partial charge is 0.308 e. The van der Waals surface area contributed by atoms with E-state index in [0.717, 1.165) is 5.92 Å². The molecule has 3 aliphatic carbocycles. The molecule has 0 amide bonds. The summed E-state index contributed by atoms with van der Waals surface area (Å²) in [6.45, 7) is 4.05. The Morgan fingerprint density at radius 1 is 0.947 bits per heavy atom. The van der Waals surface area contributed by atoms with Crippen molar-refractivity contribution in [1.29, 1.82) is 0 Å². The Morgan fingerprint density at radius 2 is 1.63 bits per heavy atom. The van der Waals surface area contributed by atoms with Crippen LogP contribution < -0.4 is 5.32 Å². The van der Waals surface area contributed by atoms with Gasteiger partial charge in [-0.3, -0.25) is 4.90 Å². The molecule has 2 spiro atoms. The summed E-state index contributed by atoms with van der Waals surface area (Å²) in [6.07, 6.45) is 16.1. The van der Waals surface area contributed by atoms with E-state index in [1.165, 1.54) is 90.3 Å². The second-order valence-corrected chi connectivity index (χ2v) is 7.93. The lowest BCUT2D eigenvalue weighted by atomic mass is 9.84. The third-order valence-corrected chi connectivity index (χ3v) is 6.56. The monoisotopic (exact) mass is 262 g/mol. The van der Waals surface area contributed by atoms with Gasteiger partial charge < -0.3 is 5.32 Å². The van der Waals surface area contributed by atoms with Crippen molar-refractivity contribution in [2.75, 3.05) is 19.6 Å². The van der Waals surface area contributed by atoms with Gasteiger partial charge in [0.2, 0.25) is 0 Å². The standard InChI is InChI=1S/C17H30N2/c1-2-9-16(8-1)14-19(12-7-15-5-6-15)17(13-18-16)10-3-4-11-17/h15,18H,1-14H2. The van der Waals surface area contributed by atoms with Crippen molar-refractivity contribution in [1.82, 2.24) is 10.2 Å². The van der Waals surface area contributed by atoms with E-state index >= 15 is 0 Å². The smallest absolute Gasteiger partial charge is 0.0334 e. The van der Waals surface area contributed by atoms with Gasteiger partial charge in [0.25, 0.3) is 0 Å². The van der Waals surface area contributed by atoms with Gasteiger partial charge in [-0.05, 0) is 44.6 Å². The Labute approximate surface area is 118 Å². The second kappa shape index (κ2) is 4.73. The zero-order valence-corrected chi connectivity index (χ0v) is 12.4. The van der Waals surface area contributed by atoms with Crippen LogP contribution in [0.15, 0.2) is 0 Å². The molecule has 19 heavy (non-hydrogen) atoms. The number of rotatable bonds is 3. The van der Waals surface area contributed by atoms with Crippen LogP contribution in [0.5, 0.6) is 0 Å². The first-order chi connectivity index (χ1) is 9.30. The fraction of sp³-hybridized carbons (Fsp3) is 1.00. The summed E-state index contributed by atoms with van der Waals surface area (Å²) in [5, 5.41) is 4.02. The van der Waals surface area contributed by atoms with E-state index in [9.17, 15) is 0 Å². The Kier molecular flexibility index (Phi) is 3.15. The number of nitrogens with zero attached hydrogens (tertiary/aromatic N) is 1.